The topological polar surface area (TPSA) is 77.0 Å². The maximum atomic E-state index is 13.7. The van der Waals surface area contributed by atoms with Crippen LogP contribution in [0.4, 0.5) is 13.2 Å². The van der Waals surface area contributed by atoms with E-state index in [0.717, 1.165) is 17.5 Å². The molecule has 0 N–H and O–H groups in total. The zero-order valence-corrected chi connectivity index (χ0v) is 18.4. The molecule has 172 valence electrons. The summed E-state index contributed by atoms with van der Waals surface area (Å²) >= 11 is 0. The van der Waals surface area contributed by atoms with Gasteiger partial charge in [0.2, 0.25) is 5.91 Å². The van der Waals surface area contributed by atoms with Crippen LogP contribution in [0.15, 0.2) is 16.7 Å². The molecule has 1 aliphatic rings. The van der Waals surface area contributed by atoms with Crippen LogP contribution >= 0.6 is 0 Å². The van der Waals surface area contributed by atoms with Crippen molar-refractivity contribution in [1.29, 1.82) is 0 Å². The van der Waals surface area contributed by atoms with Gasteiger partial charge in [0.25, 0.3) is 5.71 Å². The molecule has 3 aromatic heterocycles. The van der Waals surface area contributed by atoms with Crippen LogP contribution in [0.5, 0.6) is 0 Å². The molecule has 0 aliphatic carbocycles. The molecule has 0 unspecified atom stereocenters. The molecule has 7 nitrogen and oxygen atoms in total. The molecule has 0 bridgehead atoms. The van der Waals surface area contributed by atoms with E-state index >= 15 is 0 Å². The van der Waals surface area contributed by atoms with E-state index in [1.807, 2.05) is 24.6 Å². The lowest BCUT2D eigenvalue weighted by atomic mass is 9.91. The van der Waals surface area contributed by atoms with Gasteiger partial charge in [-0.3, -0.25) is 9.48 Å². The number of likely N-dealkylation sites (tertiary alicyclic amines) is 1. The summed E-state index contributed by atoms with van der Waals surface area (Å²) in [5.41, 5.74) is 1.55. The van der Waals surface area contributed by atoms with Crippen LogP contribution in [0.1, 0.15) is 59.9 Å². The Balaban J connectivity index is 1.47. The second-order valence-corrected chi connectivity index (χ2v) is 8.49. The number of piperidine rings is 1. The van der Waals surface area contributed by atoms with Gasteiger partial charge in [-0.05, 0) is 52.2 Å². The minimum absolute atomic E-state index is 0.00551. The van der Waals surface area contributed by atoms with Crippen LogP contribution in [-0.4, -0.2) is 43.8 Å². The molecule has 0 radical (unpaired) electrons. The molecule has 32 heavy (non-hydrogen) atoms. The highest BCUT2D eigenvalue weighted by atomic mass is 19.4. The molecule has 3 aromatic rings. The molecular weight excluding hydrogens is 423 g/mol. The van der Waals surface area contributed by atoms with Gasteiger partial charge in [0.1, 0.15) is 0 Å². The van der Waals surface area contributed by atoms with Crippen molar-refractivity contribution >= 4 is 17.0 Å². The van der Waals surface area contributed by atoms with Crippen molar-refractivity contribution in [2.45, 2.75) is 65.1 Å². The van der Waals surface area contributed by atoms with Crippen molar-refractivity contribution in [3.05, 3.63) is 40.5 Å². The zero-order chi connectivity index (χ0) is 23.0. The Kier molecular flexibility index (Phi) is 5.96. The summed E-state index contributed by atoms with van der Waals surface area (Å²) in [6.45, 7) is 6.96. The number of carbonyl (C=O) groups is 1. The first-order chi connectivity index (χ1) is 15.1. The second-order valence-electron chi connectivity index (χ2n) is 8.49. The van der Waals surface area contributed by atoms with Crippen LogP contribution in [0.25, 0.3) is 11.1 Å². The van der Waals surface area contributed by atoms with Gasteiger partial charge in [-0.15, -0.1) is 0 Å². The number of aromatic nitrogens is 4. The van der Waals surface area contributed by atoms with E-state index in [1.165, 1.54) is 6.92 Å². The Morgan fingerprint density at radius 1 is 1.22 bits per heavy atom. The molecule has 1 amide bonds. The van der Waals surface area contributed by atoms with Crippen molar-refractivity contribution in [2.24, 2.45) is 0 Å². The summed E-state index contributed by atoms with van der Waals surface area (Å²) in [6.07, 6.45) is -2.19. The lowest BCUT2D eigenvalue weighted by molar-refractivity contribution is -0.136. The van der Waals surface area contributed by atoms with Gasteiger partial charge in [-0.2, -0.15) is 18.3 Å². The predicted molar refractivity (Wildman–Crippen MR) is 111 cm³/mol. The number of fused-ring (bicyclic) bond motifs is 1. The fourth-order valence-electron chi connectivity index (χ4n) is 4.46. The lowest BCUT2D eigenvalue weighted by Crippen LogP contribution is -2.39. The van der Waals surface area contributed by atoms with Crippen molar-refractivity contribution < 1.29 is 22.5 Å². The van der Waals surface area contributed by atoms with Gasteiger partial charge in [0.15, 0.2) is 0 Å². The van der Waals surface area contributed by atoms with Gasteiger partial charge >= 0.3 is 6.18 Å². The Morgan fingerprint density at radius 3 is 2.69 bits per heavy atom. The lowest BCUT2D eigenvalue weighted by Gasteiger charge is -2.32. The number of rotatable bonds is 5. The third kappa shape index (κ3) is 4.49. The van der Waals surface area contributed by atoms with Crippen molar-refractivity contribution in [3.8, 4) is 0 Å². The van der Waals surface area contributed by atoms with Crippen molar-refractivity contribution in [2.75, 3.05) is 13.1 Å². The minimum atomic E-state index is -4.54. The summed E-state index contributed by atoms with van der Waals surface area (Å²) in [7, 11) is 0. The molecule has 1 atom stereocenters. The molecule has 1 saturated heterocycles. The minimum Gasteiger partial charge on any atom is -0.342 e. The standard InChI is InChI=1S/C22H26F3N5O2/c1-13-11-17(22(23,24)25)19-20(28-32-21(19)26-13)16-6-4-8-29(12-16)18(31)7-5-9-30-15(3)10-14(2)27-30/h10-11,16H,4-9,12H2,1-3H3/t16-/m0/s1. The van der Waals surface area contributed by atoms with Crippen LogP contribution in [0.3, 0.4) is 0 Å². The largest absolute Gasteiger partial charge is 0.417 e. The average molecular weight is 449 g/mol. The number of nitrogens with zero attached hydrogens (tertiary/aromatic N) is 5. The maximum Gasteiger partial charge on any atom is 0.417 e. The molecule has 4 rings (SSSR count). The summed E-state index contributed by atoms with van der Waals surface area (Å²) < 4.78 is 48.1. The molecular formula is C22H26F3N5O2. The Hall–Kier alpha value is -2.91. The highest BCUT2D eigenvalue weighted by Gasteiger charge is 2.38. The first kappa shape index (κ1) is 22.3. The van der Waals surface area contributed by atoms with E-state index in [0.29, 0.717) is 45.3 Å². The highest BCUT2D eigenvalue weighted by molar-refractivity contribution is 5.82. The van der Waals surface area contributed by atoms with Crippen molar-refractivity contribution in [3.63, 3.8) is 0 Å². The van der Waals surface area contributed by atoms with E-state index in [9.17, 15) is 18.0 Å². The number of halogens is 3. The first-order valence-corrected chi connectivity index (χ1v) is 10.8. The van der Waals surface area contributed by atoms with E-state index in [4.69, 9.17) is 4.52 Å². The smallest absolute Gasteiger partial charge is 0.342 e. The number of amides is 1. The number of aryl methyl sites for hydroxylation is 4. The quantitative estimate of drug-likeness (QED) is 0.571. The normalized spacial score (nSPS) is 17.3. The van der Waals surface area contributed by atoms with E-state index in [-0.39, 0.29) is 34.3 Å². The third-order valence-corrected chi connectivity index (χ3v) is 5.93. The average Bonchev–Trinajstić information content (AvgIpc) is 3.29. The van der Waals surface area contributed by atoms with E-state index in [2.05, 4.69) is 15.2 Å². The maximum absolute atomic E-state index is 13.7. The predicted octanol–water partition coefficient (Wildman–Crippen LogP) is 4.55. The summed E-state index contributed by atoms with van der Waals surface area (Å²) in [5, 5.41) is 8.27. The Bertz CT molecular complexity index is 1130. The third-order valence-electron chi connectivity index (χ3n) is 5.93. The number of pyridine rings is 1. The molecule has 0 aromatic carbocycles. The molecule has 0 saturated carbocycles. The monoisotopic (exact) mass is 449 g/mol. The molecule has 10 heteroatoms. The highest BCUT2D eigenvalue weighted by Crippen LogP contribution is 2.40. The van der Waals surface area contributed by atoms with Crippen LogP contribution in [-0.2, 0) is 17.5 Å². The number of hydrogen-bond donors (Lipinski definition) is 0. The van der Waals surface area contributed by atoms with Gasteiger partial charge in [0, 0.05) is 43.4 Å². The van der Waals surface area contributed by atoms with E-state index < -0.39 is 11.7 Å². The Morgan fingerprint density at radius 2 is 2.00 bits per heavy atom. The number of carbonyl (C=O) groups excluding carboxylic acids is 1. The summed E-state index contributed by atoms with van der Waals surface area (Å²) in [4.78, 5) is 18.6. The molecule has 4 heterocycles. The van der Waals surface area contributed by atoms with Gasteiger partial charge in [0.05, 0.1) is 22.3 Å². The number of hydrogen-bond acceptors (Lipinski definition) is 5. The summed E-state index contributed by atoms with van der Waals surface area (Å²) in [5.74, 6) is -0.329. The van der Waals surface area contributed by atoms with Gasteiger partial charge < -0.3 is 9.42 Å². The van der Waals surface area contributed by atoms with E-state index in [1.54, 1.807) is 4.90 Å². The summed E-state index contributed by atoms with van der Waals surface area (Å²) in [6, 6.07) is 3.01. The fraction of sp³-hybridized carbons (Fsp3) is 0.545. The second kappa shape index (κ2) is 8.55. The van der Waals surface area contributed by atoms with Gasteiger partial charge in [-0.25, -0.2) is 4.98 Å². The zero-order valence-electron chi connectivity index (χ0n) is 18.4. The molecule has 1 aliphatic heterocycles. The van der Waals surface area contributed by atoms with Crippen LogP contribution < -0.4 is 0 Å². The molecule has 1 fully saturated rings. The molecule has 0 spiro atoms. The van der Waals surface area contributed by atoms with Crippen molar-refractivity contribution in [1.82, 2.24) is 24.8 Å². The van der Waals surface area contributed by atoms with Crippen LogP contribution in [0, 0.1) is 20.8 Å². The fourth-order valence-corrected chi connectivity index (χ4v) is 4.46. The first-order valence-electron chi connectivity index (χ1n) is 10.8. The SMILES string of the molecule is Cc1cc(C(F)(F)F)c2c([C@H]3CCCN(C(=O)CCCn4nc(C)cc4C)C3)noc2n1. The van der Waals surface area contributed by atoms with Gasteiger partial charge in [-0.1, -0.05) is 5.16 Å². The van der Waals surface area contributed by atoms with Crippen LogP contribution in [0.2, 0.25) is 0 Å². The Labute approximate surface area is 183 Å². The number of alkyl halides is 3.